The fraction of sp³-hybridized carbons (Fsp3) is 0.593. The number of allylic oxidation sites excluding steroid dienone is 30. The van der Waals surface area contributed by atoms with Crippen molar-refractivity contribution in [3.8, 4) is 0 Å². The van der Waals surface area contributed by atoms with Crippen LogP contribution < -0.4 is 0 Å². The highest BCUT2D eigenvalue weighted by molar-refractivity contribution is 7.47. The Balaban J connectivity index is 4.76. The third-order valence-corrected chi connectivity index (χ3v) is 16.5. The molecule has 5 atom stereocenters. The lowest BCUT2D eigenvalue weighted by Crippen LogP contribution is -2.30. The Morgan fingerprint density at radius 1 is 0.293 bits per heavy atom. The molecule has 0 heterocycles. The number of phosphoric acid groups is 2. The van der Waals surface area contributed by atoms with Gasteiger partial charge >= 0.3 is 33.6 Å². The monoisotopic (exact) mass is 1420 g/mol. The van der Waals surface area contributed by atoms with Crippen LogP contribution in [-0.4, -0.2) is 95.9 Å². The van der Waals surface area contributed by atoms with Crippen molar-refractivity contribution in [1.82, 2.24) is 0 Å². The Bertz CT molecular complexity index is 2530. The van der Waals surface area contributed by atoms with E-state index in [1.807, 2.05) is 18.2 Å². The zero-order chi connectivity index (χ0) is 72.3. The first kappa shape index (κ1) is 93.6. The van der Waals surface area contributed by atoms with Gasteiger partial charge in [0.15, 0.2) is 6.10 Å². The van der Waals surface area contributed by atoms with Gasteiger partial charge in [-0.25, -0.2) is 9.13 Å². The number of hydrogen-bond donors (Lipinski definition) is 4. The van der Waals surface area contributed by atoms with E-state index in [0.717, 1.165) is 135 Å². The van der Waals surface area contributed by atoms with Gasteiger partial charge in [-0.15, -0.1) is 0 Å². The Morgan fingerprint density at radius 3 is 0.919 bits per heavy atom. The van der Waals surface area contributed by atoms with E-state index in [-0.39, 0.29) is 19.3 Å². The van der Waals surface area contributed by atoms with Crippen LogP contribution in [-0.2, 0) is 55.8 Å². The average Bonchev–Trinajstić information content (AvgIpc) is 2.97. The first-order chi connectivity index (χ1) is 48.2. The van der Waals surface area contributed by atoms with Crippen LogP contribution in [0.15, 0.2) is 182 Å². The number of aliphatic hydroxyl groups is 2. The maximum atomic E-state index is 13.0. The maximum absolute atomic E-state index is 13.0. The topological polar surface area (TPSA) is 231 Å². The number of hydrogen-bond acceptors (Lipinski definition) is 14. The van der Waals surface area contributed by atoms with Crippen molar-refractivity contribution in [3.05, 3.63) is 182 Å². The van der Waals surface area contributed by atoms with E-state index in [0.29, 0.717) is 25.7 Å². The van der Waals surface area contributed by atoms with Crippen molar-refractivity contribution in [1.29, 1.82) is 0 Å². The van der Waals surface area contributed by atoms with Crippen molar-refractivity contribution in [2.75, 3.05) is 39.6 Å². The second-order valence-electron chi connectivity index (χ2n) is 24.0. The molecule has 18 heteroatoms. The van der Waals surface area contributed by atoms with Gasteiger partial charge in [-0.3, -0.25) is 32.5 Å². The van der Waals surface area contributed by atoms with Crippen molar-refractivity contribution < 1.29 is 75.8 Å². The molecule has 560 valence electrons. The molecule has 0 aliphatic heterocycles. The molecule has 0 aromatic carbocycles. The van der Waals surface area contributed by atoms with E-state index < -0.39 is 91.5 Å². The predicted molar refractivity (Wildman–Crippen MR) is 408 cm³/mol. The molecule has 0 fully saturated rings. The van der Waals surface area contributed by atoms with Gasteiger partial charge in [0.25, 0.3) is 0 Å². The van der Waals surface area contributed by atoms with Crippen molar-refractivity contribution in [2.24, 2.45) is 0 Å². The number of ether oxygens (including phenoxy) is 3. The van der Waals surface area contributed by atoms with Gasteiger partial charge in [0.1, 0.15) is 25.4 Å². The molecular weight excluding hydrogens is 1290 g/mol. The van der Waals surface area contributed by atoms with Crippen molar-refractivity contribution in [2.45, 2.75) is 270 Å². The largest absolute Gasteiger partial charge is 0.472 e. The Labute approximate surface area is 598 Å². The van der Waals surface area contributed by atoms with Crippen molar-refractivity contribution in [3.63, 3.8) is 0 Å². The van der Waals surface area contributed by atoms with Crippen LogP contribution in [0.5, 0.6) is 0 Å². The molecule has 0 saturated heterocycles. The van der Waals surface area contributed by atoms with Gasteiger partial charge < -0.3 is 34.2 Å². The SMILES string of the molecule is CC/C=C\C/C=C\C/C=C\C/C=C\C/C=C\C/C=C\CCC(=O)OCC(COP(=O)(O)OCC(O)COP(=O)(O)OCC(O)COC(=O)CCCCCCCCCCC/C=C\C/C=C\C/C=C\C/C=C\CCCCC)OC(=O)CCCCC/C=C\C/C=C\C/C=C\C/C=C\C/C=C\CC. The number of aliphatic hydroxyl groups excluding tert-OH is 2. The van der Waals surface area contributed by atoms with Gasteiger partial charge in [-0.05, 0) is 148 Å². The van der Waals surface area contributed by atoms with E-state index in [1.54, 1.807) is 0 Å². The maximum Gasteiger partial charge on any atom is 0.472 e. The molecule has 0 saturated carbocycles. The summed E-state index contributed by atoms with van der Waals surface area (Å²) in [6.07, 6.45) is 92.4. The lowest BCUT2D eigenvalue weighted by molar-refractivity contribution is -0.161. The summed E-state index contributed by atoms with van der Waals surface area (Å²) in [5.74, 6) is -1.73. The smallest absolute Gasteiger partial charge is 0.463 e. The number of unbranched alkanes of at least 4 members (excludes halogenated alkanes) is 15. The van der Waals surface area contributed by atoms with Crippen LogP contribution in [0.3, 0.4) is 0 Å². The first-order valence-electron chi connectivity index (χ1n) is 37.1. The molecule has 0 aromatic heterocycles. The molecule has 0 aromatic rings. The Kier molecular flexibility index (Phi) is 68.5. The molecular formula is C81H130O16P2. The molecule has 0 radical (unpaired) electrons. The van der Waals surface area contributed by atoms with Crippen LogP contribution in [0.4, 0.5) is 0 Å². The number of carbonyl (C=O) groups is 3. The normalized spacial score (nSPS) is 15.1. The molecule has 4 N–H and O–H groups in total. The standard InChI is InChI=1S/C81H130O16P2/c1-4-7-10-13-16-19-22-25-28-31-34-35-36-37-38-39-42-44-46-49-52-55-58-61-64-67-79(84)91-70-76(82)71-93-98(87,88)94-72-77(83)73-95-99(89,90)96-75-78(97-81(86)69-66-63-60-57-54-51-48-45-41-33-30-27-24-21-18-15-12-9-6-3)74-92-80(85)68-65-62-59-56-53-50-47-43-40-32-29-26-23-20-17-14-11-8-5-2/h8-9,11-12,16-21,25-30,34-35,37-38,40-41,43,45,50-51,53-54,59,62,76-78,82-83H,4-7,10,13-15,22-24,31-33,36,39,42,44,46-49,52,55-58,60-61,63-75H2,1-3H3,(H,87,88)(H,89,90)/b11-8-,12-9-,19-16-,20-17-,21-18-,28-25-,29-26-,30-27-,35-34-,38-37-,43-40-,45-41-,53-50-,54-51-,62-59-. The highest BCUT2D eigenvalue weighted by Crippen LogP contribution is 2.45. The lowest BCUT2D eigenvalue weighted by atomic mass is 10.1. The van der Waals surface area contributed by atoms with E-state index in [1.165, 1.54) is 51.4 Å². The summed E-state index contributed by atoms with van der Waals surface area (Å²) in [6.45, 7) is 2.25. The minimum Gasteiger partial charge on any atom is -0.463 e. The third kappa shape index (κ3) is 73.7. The van der Waals surface area contributed by atoms with Gasteiger partial charge in [-0.1, -0.05) is 267 Å². The van der Waals surface area contributed by atoms with E-state index in [9.17, 15) is 43.5 Å². The van der Waals surface area contributed by atoms with Crippen LogP contribution >= 0.6 is 15.6 Å². The molecule has 0 rings (SSSR count). The molecule has 0 aliphatic rings. The van der Waals surface area contributed by atoms with Crippen LogP contribution in [0.1, 0.15) is 252 Å². The van der Waals surface area contributed by atoms with Gasteiger partial charge in [-0.2, -0.15) is 0 Å². The van der Waals surface area contributed by atoms with Crippen molar-refractivity contribution >= 4 is 33.6 Å². The van der Waals surface area contributed by atoms with Crippen LogP contribution in [0, 0.1) is 0 Å². The van der Waals surface area contributed by atoms with Gasteiger partial charge in [0.2, 0.25) is 0 Å². The lowest BCUT2D eigenvalue weighted by Gasteiger charge is -2.21. The average molecular weight is 1420 g/mol. The zero-order valence-electron chi connectivity index (χ0n) is 60.8. The minimum absolute atomic E-state index is 0.0295. The van der Waals surface area contributed by atoms with E-state index >= 15 is 0 Å². The Morgan fingerprint density at radius 2 is 0.556 bits per heavy atom. The summed E-state index contributed by atoms with van der Waals surface area (Å²) < 4.78 is 60.9. The summed E-state index contributed by atoms with van der Waals surface area (Å²) in [6, 6.07) is 0. The second-order valence-corrected chi connectivity index (χ2v) is 26.9. The zero-order valence-corrected chi connectivity index (χ0v) is 62.6. The number of rotatable bonds is 68. The molecule has 0 amide bonds. The van der Waals surface area contributed by atoms with E-state index in [2.05, 4.69) is 185 Å². The van der Waals surface area contributed by atoms with Crippen LogP contribution in [0.25, 0.3) is 0 Å². The second kappa shape index (κ2) is 72.4. The predicted octanol–water partition coefficient (Wildman–Crippen LogP) is 21.4. The quantitative estimate of drug-likeness (QED) is 0.0146. The minimum atomic E-state index is -4.96. The Hall–Kier alpha value is -5.35. The highest BCUT2D eigenvalue weighted by atomic mass is 31.2. The summed E-state index contributed by atoms with van der Waals surface area (Å²) >= 11 is 0. The van der Waals surface area contributed by atoms with Gasteiger partial charge in [0, 0.05) is 19.3 Å². The third-order valence-electron chi connectivity index (χ3n) is 14.6. The number of esters is 3. The molecule has 99 heavy (non-hydrogen) atoms. The molecule has 0 spiro atoms. The summed E-state index contributed by atoms with van der Waals surface area (Å²) in [4.78, 5) is 58.5. The summed E-state index contributed by atoms with van der Waals surface area (Å²) in [5.41, 5.74) is 0. The highest BCUT2D eigenvalue weighted by Gasteiger charge is 2.29. The molecule has 0 aliphatic carbocycles. The number of carbonyl (C=O) groups excluding carboxylic acids is 3. The van der Waals surface area contributed by atoms with Crippen LogP contribution in [0.2, 0.25) is 0 Å². The molecule has 5 unspecified atom stereocenters. The van der Waals surface area contributed by atoms with Gasteiger partial charge in [0.05, 0.1) is 26.4 Å². The van der Waals surface area contributed by atoms with E-state index in [4.69, 9.17) is 32.3 Å². The fourth-order valence-corrected chi connectivity index (χ4v) is 10.6. The number of phosphoric ester groups is 2. The summed E-state index contributed by atoms with van der Waals surface area (Å²) in [5, 5.41) is 20.6. The summed E-state index contributed by atoms with van der Waals surface area (Å²) in [7, 11) is -9.84. The first-order valence-corrected chi connectivity index (χ1v) is 40.1. The fourth-order valence-electron chi connectivity index (χ4n) is 9.02. The molecule has 0 bridgehead atoms. The molecule has 16 nitrogen and oxygen atoms in total.